The monoisotopic (exact) mass is 246 g/mol. The van der Waals surface area contributed by atoms with Crippen molar-refractivity contribution in [3.05, 3.63) is 70.2 Å². The first kappa shape index (κ1) is 12.2. The van der Waals surface area contributed by atoms with Crippen molar-refractivity contribution in [1.29, 1.82) is 0 Å². The molecule has 2 aromatic rings. The zero-order valence-corrected chi connectivity index (χ0v) is 10.6. The van der Waals surface area contributed by atoms with E-state index < -0.39 is 0 Å². The molecule has 0 radical (unpaired) electrons. The molecular formula is C15H15ClO. The Hall–Kier alpha value is -1.31. The molecule has 0 fully saturated rings. The molecule has 0 saturated carbocycles. The SMILES string of the molecule is Cc1ccc(COCc2ccccc2)c(Cl)c1. The number of ether oxygens (including phenoxy) is 1. The van der Waals surface area contributed by atoms with Gasteiger partial charge in [0.15, 0.2) is 0 Å². The second-order valence-corrected chi connectivity index (χ2v) is 4.48. The molecule has 0 aliphatic carbocycles. The van der Waals surface area contributed by atoms with E-state index in [1.54, 1.807) is 0 Å². The Labute approximate surface area is 107 Å². The Kier molecular flexibility index (Phi) is 4.18. The van der Waals surface area contributed by atoms with Gasteiger partial charge in [-0.1, -0.05) is 54.1 Å². The molecule has 0 spiro atoms. The quantitative estimate of drug-likeness (QED) is 0.779. The first-order valence-corrected chi connectivity index (χ1v) is 6.00. The lowest BCUT2D eigenvalue weighted by molar-refractivity contribution is 0.107. The molecule has 0 aromatic heterocycles. The molecule has 0 unspecified atom stereocenters. The predicted octanol–water partition coefficient (Wildman–Crippen LogP) is 4.37. The van der Waals surface area contributed by atoms with E-state index >= 15 is 0 Å². The highest BCUT2D eigenvalue weighted by molar-refractivity contribution is 6.31. The molecule has 0 aliphatic heterocycles. The van der Waals surface area contributed by atoms with Gasteiger partial charge in [0, 0.05) is 5.02 Å². The fourth-order valence-corrected chi connectivity index (χ4v) is 1.91. The van der Waals surface area contributed by atoms with Crippen LogP contribution in [-0.2, 0) is 18.0 Å². The van der Waals surface area contributed by atoms with Crippen LogP contribution in [0.2, 0.25) is 5.02 Å². The minimum Gasteiger partial charge on any atom is -0.372 e. The minimum absolute atomic E-state index is 0.550. The van der Waals surface area contributed by atoms with Gasteiger partial charge in [-0.2, -0.15) is 0 Å². The lowest BCUT2D eigenvalue weighted by Gasteiger charge is -2.07. The van der Waals surface area contributed by atoms with Gasteiger partial charge in [0.05, 0.1) is 13.2 Å². The minimum atomic E-state index is 0.550. The maximum absolute atomic E-state index is 6.13. The summed E-state index contributed by atoms with van der Waals surface area (Å²) in [5.41, 5.74) is 3.38. The van der Waals surface area contributed by atoms with E-state index in [4.69, 9.17) is 16.3 Å². The fourth-order valence-electron chi connectivity index (χ4n) is 1.62. The number of benzene rings is 2. The molecule has 88 valence electrons. The smallest absolute Gasteiger partial charge is 0.0735 e. The average Bonchev–Trinajstić information content (AvgIpc) is 2.33. The summed E-state index contributed by atoms with van der Waals surface area (Å²) in [7, 11) is 0. The molecule has 0 aliphatic rings. The molecule has 0 bridgehead atoms. The Balaban J connectivity index is 1.90. The van der Waals surface area contributed by atoms with Crippen molar-refractivity contribution in [3.8, 4) is 0 Å². The normalized spacial score (nSPS) is 10.5. The van der Waals surface area contributed by atoms with Gasteiger partial charge < -0.3 is 4.74 Å². The summed E-state index contributed by atoms with van der Waals surface area (Å²) in [6.45, 7) is 3.19. The van der Waals surface area contributed by atoms with E-state index in [2.05, 4.69) is 12.1 Å². The van der Waals surface area contributed by atoms with Gasteiger partial charge in [-0.25, -0.2) is 0 Å². The van der Waals surface area contributed by atoms with Gasteiger partial charge in [-0.15, -0.1) is 0 Å². The molecule has 0 N–H and O–H groups in total. The van der Waals surface area contributed by atoms with E-state index in [1.807, 2.05) is 43.3 Å². The third-order valence-electron chi connectivity index (χ3n) is 2.58. The summed E-state index contributed by atoms with van der Waals surface area (Å²) < 4.78 is 5.64. The van der Waals surface area contributed by atoms with Crippen LogP contribution >= 0.6 is 11.6 Å². The van der Waals surface area contributed by atoms with Gasteiger partial charge in [0.1, 0.15) is 0 Å². The summed E-state index contributed by atoms with van der Waals surface area (Å²) in [5.74, 6) is 0. The van der Waals surface area contributed by atoms with E-state index in [1.165, 1.54) is 11.1 Å². The summed E-state index contributed by atoms with van der Waals surface area (Å²) in [4.78, 5) is 0. The molecule has 1 nitrogen and oxygen atoms in total. The zero-order chi connectivity index (χ0) is 12.1. The molecule has 0 amide bonds. The largest absolute Gasteiger partial charge is 0.372 e. The molecule has 17 heavy (non-hydrogen) atoms. The van der Waals surface area contributed by atoms with Crippen LogP contribution in [-0.4, -0.2) is 0 Å². The second kappa shape index (κ2) is 5.85. The van der Waals surface area contributed by atoms with Crippen molar-refractivity contribution < 1.29 is 4.74 Å². The highest BCUT2D eigenvalue weighted by Crippen LogP contribution is 2.18. The predicted molar refractivity (Wildman–Crippen MR) is 71.1 cm³/mol. The number of halogens is 1. The van der Waals surface area contributed by atoms with Gasteiger partial charge in [-0.3, -0.25) is 0 Å². The van der Waals surface area contributed by atoms with Crippen molar-refractivity contribution in [1.82, 2.24) is 0 Å². The maximum atomic E-state index is 6.13. The van der Waals surface area contributed by atoms with Crippen molar-refractivity contribution in [2.45, 2.75) is 20.1 Å². The molecule has 2 heteroatoms. The lowest BCUT2D eigenvalue weighted by Crippen LogP contribution is -1.95. The highest BCUT2D eigenvalue weighted by atomic mass is 35.5. The summed E-state index contributed by atoms with van der Waals surface area (Å²) in [6, 6.07) is 16.2. The van der Waals surface area contributed by atoms with E-state index in [9.17, 15) is 0 Å². The van der Waals surface area contributed by atoms with Gasteiger partial charge in [0.25, 0.3) is 0 Å². The van der Waals surface area contributed by atoms with Crippen LogP contribution in [0.1, 0.15) is 16.7 Å². The van der Waals surface area contributed by atoms with Crippen LogP contribution in [0.15, 0.2) is 48.5 Å². The first-order valence-electron chi connectivity index (χ1n) is 5.62. The lowest BCUT2D eigenvalue weighted by atomic mass is 10.1. The number of rotatable bonds is 4. The van der Waals surface area contributed by atoms with Crippen molar-refractivity contribution in [2.75, 3.05) is 0 Å². The summed E-state index contributed by atoms with van der Waals surface area (Å²) in [5, 5.41) is 0.776. The molecule has 2 aromatic carbocycles. The number of hydrogen-bond acceptors (Lipinski definition) is 1. The second-order valence-electron chi connectivity index (χ2n) is 4.07. The van der Waals surface area contributed by atoms with E-state index in [0.717, 1.165) is 10.6 Å². The first-order chi connectivity index (χ1) is 8.25. The van der Waals surface area contributed by atoms with Crippen molar-refractivity contribution >= 4 is 11.6 Å². The van der Waals surface area contributed by atoms with Crippen LogP contribution in [0.5, 0.6) is 0 Å². The molecule has 0 heterocycles. The van der Waals surface area contributed by atoms with Crippen LogP contribution in [0.25, 0.3) is 0 Å². The Bertz CT molecular complexity index is 480. The molecule has 0 saturated heterocycles. The van der Waals surface area contributed by atoms with Crippen molar-refractivity contribution in [3.63, 3.8) is 0 Å². The Morgan fingerprint density at radius 1 is 1.00 bits per heavy atom. The number of aryl methyl sites for hydroxylation is 1. The average molecular weight is 247 g/mol. The van der Waals surface area contributed by atoms with Gasteiger partial charge in [0.2, 0.25) is 0 Å². The topological polar surface area (TPSA) is 9.23 Å². The number of hydrogen-bond donors (Lipinski definition) is 0. The third kappa shape index (κ3) is 3.58. The maximum Gasteiger partial charge on any atom is 0.0735 e. The highest BCUT2D eigenvalue weighted by Gasteiger charge is 2.00. The van der Waals surface area contributed by atoms with Crippen LogP contribution in [0.4, 0.5) is 0 Å². The summed E-state index contributed by atoms with van der Waals surface area (Å²) in [6.07, 6.45) is 0. The summed E-state index contributed by atoms with van der Waals surface area (Å²) >= 11 is 6.13. The van der Waals surface area contributed by atoms with Crippen molar-refractivity contribution in [2.24, 2.45) is 0 Å². The van der Waals surface area contributed by atoms with E-state index in [0.29, 0.717) is 13.2 Å². The van der Waals surface area contributed by atoms with Crippen LogP contribution in [0.3, 0.4) is 0 Å². The zero-order valence-electron chi connectivity index (χ0n) is 9.82. The Morgan fingerprint density at radius 2 is 1.76 bits per heavy atom. The fraction of sp³-hybridized carbons (Fsp3) is 0.200. The molecule has 2 rings (SSSR count). The van der Waals surface area contributed by atoms with Crippen LogP contribution in [0, 0.1) is 6.92 Å². The molecular weight excluding hydrogens is 232 g/mol. The van der Waals surface area contributed by atoms with Crippen LogP contribution < -0.4 is 0 Å². The third-order valence-corrected chi connectivity index (χ3v) is 2.93. The van der Waals surface area contributed by atoms with Gasteiger partial charge >= 0.3 is 0 Å². The Morgan fingerprint density at radius 3 is 2.47 bits per heavy atom. The van der Waals surface area contributed by atoms with E-state index in [-0.39, 0.29) is 0 Å². The van der Waals surface area contributed by atoms with Gasteiger partial charge in [-0.05, 0) is 29.7 Å². The molecule has 0 atom stereocenters. The standard InChI is InChI=1S/C15H15ClO/c1-12-7-8-14(15(16)9-12)11-17-10-13-5-3-2-4-6-13/h2-9H,10-11H2,1H3.